The normalized spacial score (nSPS) is 29.6. The van der Waals surface area contributed by atoms with Crippen molar-refractivity contribution in [2.24, 2.45) is 0 Å². The second-order valence-electron chi connectivity index (χ2n) is 3.17. The van der Waals surface area contributed by atoms with Crippen LogP contribution in [0.4, 0.5) is 4.79 Å². The van der Waals surface area contributed by atoms with Gasteiger partial charge >= 0.3 is 6.09 Å². The Balaban J connectivity index is 2.43. The molecule has 1 aliphatic rings. The Morgan fingerprint density at radius 1 is 1.69 bits per heavy atom. The Morgan fingerprint density at radius 3 is 2.92 bits per heavy atom. The number of rotatable bonds is 4. The number of carbonyl (C=O) groups excluding carboxylic acids is 1. The molecule has 76 valence electrons. The molecule has 0 aromatic rings. The first-order valence-corrected chi connectivity index (χ1v) is 4.43. The minimum absolute atomic E-state index is 0.208. The Morgan fingerprint density at radius 2 is 2.38 bits per heavy atom. The molecule has 1 rings (SSSR count). The SMILES string of the molecule is CCC(O)C[C@H]1NC(=O)O[C@@H]1CO. The van der Waals surface area contributed by atoms with Crippen molar-refractivity contribution in [3.63, 3.8) is 0 Å². The molecule has 0 saturated carbocycles. The van der Waals surface area contributed by atoms with Gasteiger partial charge in [0.1, 0.15) is 6.10 Å². The highest BCUT2D eigenvalue weighted by Crippen LogP contribution is 2.14. The van der Waals surface area contributed by atoms with E-state index in [9.17, 15) is 9.90 Å². The molecular formula is C8H15NO4. The number of aliphatic hydroxyl groups is 2. The number of hydrogen-bond donors (Lipinski definition) is 3. The van der Waals surface area contributed by atoms with E-state index in [-0.39, 0.29) is 12.6 Å². The van der Waals surface area contributed by atoms with Gasteiger partial charge in [0, 0.05) is 0 Å². The van der Waals surface area contributed by atoms with Crippen molar-refractivity contribution in [3.8, 4) is 0 Å². The third-order valence-electron chi connectivity index (χ3n) is 2.19. The summed E-state index contributed by atoms with van der Waals surface area (Å²) in [6.45, 7) is 1.65. The molecule has 1 amide bonds. The van der Waals surface area contributed by atoms with E-state index >= 15 is 0 Å². The van der Waals surface area contributed by atoms with Crippen LogP contribution in [-0.4, -0.2) is 41.2 Å². The van der Waals surface area contributed by atoms with Gasteiger partial charge in [0.25, 0.3) is 0 Å². The molecule has 3 N–H and O–H groups in total. The summed E-state index contributed by atoms with van der Waals surface area (Å²) in [5.74, 6) is 0. The minimum Gasteiger partial charge on any atom is -0.442 e. The maximum Gasteiger partial charge on any atom is 0.407 e. The molecule has 0 spiro atoms. The molecule has 1 saturated heterocycles. The summed E-state index contributed by atoms with van der Waals surface area (Å²) in [6.07, 6.45) is -0.444. The topological polar surface area (TPSA) is 78.8 Å². The standard InChI is InChI=1S/C8H15NO4/c1-2-5(11)3-6-7(4-10)13-8(12)9-6/h5-7,10-11H,2-4H2,1H3,(H,9,12)/t5?,6-,7-/m1/s1. The molecule has 0 aliphatic carbocycles. The van der Waals surface area contributed by atoms with Gasteiger partial charge in [-0.25, -0.2) is 4.79 Å². The van der Waals surface area contributed by atoms with Crippen molar-refractivity contribution < 1.29 is 19.7 Å². The Labute approximate surface area is 76.7 Å². The molecule has 1 heterocycles. The van der Waals surface area contributed by atoms with Crippen LogP contribution in [-0.2, 0) is 4.74 Å². The number of cyclic esters (lactones) is 1. The van der Waals surface area contributed by atoms with Gasteiger partial charge in [-0.3, -0.25) is 0 Å². The van der Waals surface area contributed by atoms with Crippen molar-refractivity contribution in [2.75, 3.05) is 6.61 Å². The first-order valence-electron chi connectivity index (χ1n) is 4.43. The zero-order chi connectivity index (χ0) is 9.84. The average molecular weight is 189 g/mol. The van der Waals surface area contributed by atoms with Crippen LogP contribution in [0.3, 0.4) is 0 Å². The highest BCUT2D eigenvalue weighted by atomic mass is 16.6. The lowest BCUT2D eigenvalue weighted by molar-refractivity contribution is 0.0674. The number of aliphatic hydroxyl groups excluding tert-OH is 2. The van der Waals surface area contributed by atoms with Crippen LogP contribution in [0.5, 0.6) is 0 Å². The van der Waals surface area contributed by atoms with Gasteiger partial charge in [-0.15, -0.1) is 0 Å². The monoisotopic (exact) mass is 189 g/mol. The van der Waals surface area contributed by atoms with Crippen LogP contribution in [0.2, 0.25) is 0 Å². The highest BCUT2D eigenvalue weighted by molar-refractivity contribution is 5.70. The largest absolute Gasteiger partial charge is 0.442 e. The lowest BCUT2D eigenvalue weighted by Gasteiger charge is -2.17. The van der Waals surface area contributed by atoms with Crippen LogP contribution >= 0.6 is 0 Å². The fraction of sp³-hybridized carbons (Fsp3) is 0.875. The Bertz CT molecular complexity index is 185. The summed E-state index contributed by atoms with van der Waals surface area (Å²) in [5, 5.41) is 20.7. The number of nitrogens with one attached hydrogen (secondary N) is 1. The third-order valence-corrected chi connectivity index (χ3v) is 2.19. The molecule has 0 aromatic heterocycles. The van der Waals surface area contributed by atoms with Gasteiger partial charge in [-0.05, 0) is 12.8 Å². The van der Waals surface area contributed by atoms with Gasteiger partial charge in [-0.1, -0.05) is 6.92 Å². The molecule has 0 radical (unpaired) electrons. The molecule has 0 aromatic carbocycles. The quantitative estimate of drug-likeness (QED) is 0.563. The molecule has 5 heteroatoms. The maximum atomic E-state index is 10.8. The molecule has 0 bridgehead atoms. The average Bonchev–Trinajstić information content (AvgIpc) is 2.46. The number of hydrogen-bond acceptors (Lipinski definition) is 4. The van der Waals surface area contributed by atoms with Crippen LogP contribution in [0.15, 0.2) is 0 Å². The summed E-state index contributed by atoms with van der Waals surface area (Å²) < 4.78 is 4.76. The molecule has 1 aliphatic heterocycles. The summed E-state index contributed by atoms with van der Waals surface area (Å²) in [7, 11) is 0. The second kappa shape index (κ2) is 4.43. The van der Waals surface area contributed by atoms with Gasteiger partial charge in [0.05, 0.1) is 18.8 Å². The molecule has 5 nitrogen and oxygen atoms in total. The third kappa shape index (κ3) is 2.57. The van der Waals surface area contributed by atoms with Crippen molar-refractivity contribution in [1.82, 2.24) is 5.32 Å². The van der Waals surface area contributed by atoms with Crippen molar-refractivity contribution in [3.05, 3.63) is 0 Å². The van der Waals surface area contributed by atoms with E-state index in [0.29, 0.717) is 12.8 Å². The maximum absolute atomic E-state index is 10.8. The highest BCUT2D eigenvalue weighted by Gasteiger charge is 2.34. The number of ether oxygens (including phenoxy) is 1. The van der Waals surface area contributed by atoms with Crippen LogP contribution < -0.4 is 5.32 Å². The number of amides is 1. The zero-order valence-corrected chi connectivity index (χ0v) is 7.56. The van der Waals surface area contributed by atoms with Crippen LogP contribution in [0, 0.1) is 0 Å². The first-order chi connectivity index (χ1) is 6.17. The predicted octanol–water partition coefficient (Wildman–Crippen LogP) is -0.383. The predicted molar refractivity (Wildman–Crippen MR) is 45.2 cm³/mol. The van der Waals surface area contributed by atoms with E-state index in [2.05, 4.69) is 5.32 Å². The van der Waals surface area contributed by atoms with E-state index < -0.39 is 18.3 Å². The fourth-order valence-corrected chi connectivity index (χ4v) is 1.33. The van der Waals surface area contributed by atoms with E-state index in [1.807, 2.05) is 6.92 Å². The molecule has 1 fully saturated rings. The zero-order valence-electron chi connectivity index (χ0n) is 7.56. The Kier molecular flexibility index (Phi) is 3.50. The summed E-state index contributed by atoms with van der Waals surface area (Å²) >= 11 is 0. The van der Waals surface area contributed by atoms with Crippen molar-refractivity contribution in [2.45, 2.75) is 38.0 Å². The van der Waals surface area contributed by atoms with Crippen molar-refractivity contribution in [1.29, 1.82) is 0 Å². The Hall–Kier alpha value is -0.810. The molecule has 13 heavy (non-hydrogen) atoms. The van der Waals surface area contributed by atoms with Gasteiger partial charge < -0.3 is 20.3 Å². The molecular weight excluding hydrogens is 174 g/mol. The van der Waals surface area contributed by atoms with Gasteiger partial charge in [-0.2, -0.15) is 0 Å². The van der Waals surface area contributed by atoms with Gasteiger partial charge in [0.2, 0.25) is 0 Å². The first kappa shape index (κ1) is 10.3. The van der Waals surface area contributed by atoms with E-state index in [1.165, 1.54) is 0 Å². The smallest absolute Gasteiger partial charge is 0.407 e. The van der Waals surface area contributed by atoms with E-state index in [4.69, 9.17) is 9.84 Å². The lowest BCUT2D eigenvalue weighted by Crippen LogP contribution is -2.36. The van der Waals surface area contributed by atoms with Crippen LogP contribution in [0.1, 0.15) is 19.8 Å². The summed E-state index contributed by atoms with van der Waals surface area (Å²) in [4.78, 5) is 10.8. The minimum atomic E-state index is -0.521. The molecule has 3 atom stereocenters. The fourth-order valence-electron chi connectivity index (χ4n) is 1.33. The summed E-state index contributed by atoms with van der Waals surface area (Å²) in [5.41, 5.74) is 0. The van der Waals surface area contributed by atoms with Crippen molar-refractivity contribution >= 4 is 6.09 Å². The second-order valence-corrected chi connectivity index (χ2v) is 3.17. The number of carbonyl (C=O) groups is 1. The summed E-state index contributed by atoms with van der Waals surface area (Å²) in [6, 6.07) is -0.271. The van der Waals surface area contributed by atoms with E-state index in [1.54, 1.807) is 0 Å². The van der Waals surface area contributed by atoms with Gasteiger partial charge in [0.15, 0.2) is 0 Å². The molecule has 1 unspecified atom stereocenters. The van der Waals surface area contributed by atoms with E-state index in [0.717, 1.165) is 0 Å². The van der Waals surface area contributed by atoms with Crippen LogP contribution in [0.25, 0.3) is 0 Å². The lowest BCUT2D eigenvalue weighted by atomic mass is 10.0. The number of alkyl carbamates (subject to hydrolysis) is 1.